The third kappa shape index (κ3) is 3.42. The summed E-state index contributed by atoms with van der Waals surface area (Å²) in [7, 11) is 2.00. The maximum atomic E-state index is 5.90. The van der Waals surface area contributed by atoms with E-state index in [-0.39, 0.29) is 5.54 Å². The van der Waals surface area contributed by atoms with Gasteiger partial charge in [-0.3, -0.25) is 0 Å². The molecule has 0 bridgehead atoms. The average Bonchev–Trinajstić information content (AvgIpc) is 2.03. The molecule has 0 aromatic carbocycles. The van der Waals surface area contributed by atoms with E-state index in [1.807, 2.05) is 39.1 Å². The predicted molar refractivity (Wildman–Crippen MR) is 55.8 cm³/mol. The van der Waals surface area contributed by atoms with Crippen LogP contribution < -0.4 is 10.6 Å². The van der Waals surface area contributed by atoms with Crippen molar-refractivity contribution in [1.29, 1.82) is 0 Å². The minimum Gasteiger partial charge on any atom is -0.358 e. The van der Waals surface area contributed by atoms with Crippen LogP contribution in [0.15, 0.2) is 24.4 Å². The molecular weight excluding hydrogens is 162 g/mol. The van der Waals surface area contributed by atoms with Crippen LogP contribution in [0.25, 0.3) is 0 Å². The van der Waals surface area contributed by atoms with Crippen molar-refractivity contribution in [1.82, 2.24) is 4.98 Å². The third-order valence-electron chi connectivity index (χ3n) is 1.69. The van der Waals surface area contributed by atoms with Gasteiger partial charge in [0.15, 0.2) is 0 Å². The summed E-state index contributed by atoms with van der Waals surface area (Å²) in [6.07, 6.45) is 1.79. The summed E-state index contributed by atoms with van der Waals surface area (Å²) in [6, 6.07) is 5.86. The Balaban J connectivity index is 2.64. The smallest absolute Gasteiger partial charge is 0.128 e. The van der Waals surface area contributed by atoms with Gasteiger partial charge in [-0.2, -0.15) is 0 Å². The molecule has 0 unspecified atom stereocenters. The fourth-order valence-corrected chi connectivity index (χ4v) is 1.27. The molecule has 0 fully saturated rings. The summed E-state index contributed by atoms with van der Waals surface area (Å²) in [5, 5.41) is 0. The molecule has 1 aromatic rings. The van der Waals surface area contributed by atoms with E-state index in [4.69, 9.17) is 5.73 Å². The molecular formula is C10H17N3. The first-order valence-corrected chi connectivity index (χ1v) is 4.40. The van der Waals surface area contributed by atoms with Gasteiger partial charge in [-0.1, -0.05) is 6.07 Å². The van der Waals surface area contributed by atoms with Crippen LogP contribution in [0.5, 0.6) is 0 Å². The van der Waals surface area contributed by atoms with Gasteiger partial charge in [0.05, 0.1) is 0 Å². The highest BCUT2D eigenvalue weighted by atomic mass is 15.2. The number of anilines is 1. The van der Waals surface area contributed by atoms with Gasteiger partial charge in [0.1, 0.15) is 5.82 Å². The summed E-state index contributed by atoms with van der Waals surface area (Å²) in [4.78, 5) is 6.29. The van der Waals surface area contributed by atoms with Crippen LogP contribution in [0.2, 0.25) is 0 Å². The van der Waals surface area contributed by atoms with Crippen LogP contribution in [0.4, 0.5) is 5.82 Å². The fraction of sp³-hybridized carbons (Fsp3) is 0.500. The number of hydrogen-bond acceptors (Lipinski definition) is 3. The lowest BCUT2D eigenvalue weighted by molar-refractivity contribution is 0.517. The SMILES string of the molecule is CN(CC(C)(C)N)c1ccccn1. The molecule has 13 heavy (non-hydrogen) atoms. The van der Waals surface area contributed by atoms with Crippen molar-refractivity contribution in [3.05, 3.63) is 24.4 Å². The first kappa shape index (κ1) is 9.99. The molecule has 1 rings (SSSR count). The van der Waals surface area contributed by atoms with Gasteiger partial charge >= 0.3 is 0 Å². The zero-order valence-electron chi connectivity index (χ0n) is 8.49. The summed E-state index contributed by atoms with van der Waals surface area (Å²) in [5.41, 5.74) is 5.72. The molecule has 0 atom stereocenters. The van der Waals surface area contributed by atoms with Gasteiger partial charge in [0.25, 0.3) is 0 Å². The Bertz CT molecular complexity index is 251. The quantitative estimate of drug-likeness (QED) is 0.759. The molecule has 1 aromatic heterocycles. The van der Waals surface area contributed by atoms with E-state index >= 15 is 0 Å². The molecule has 2 N–H and O–H groups in total. The highest BCUT2D eigenvalue weighted by Crippen LogP contribution is 2.09. The molecule has 0 amide bonds. The van der Waals surface area contributed by atoms with Crippen molar-refractivity contribution >= 4 is 5.82 Å². The number of aromatic nitrogens is 1. The summed E-state index contributed by atoms with van der Waals surface area (Å²) in [5.74, 6) is 0.959. The Morgan fingerprint density at radius 2 is 2.15 bits per heavy atom. The standard InChI is InChI=1S/C10H17N3/c1-10(2,11)8-13(3)9-6-4-5-7-12-9/h4-7H,8,11H2,1-3H3. The van der Waals surface area contributed by atoms with Gasteiger partial charge in [0, 0.05) is 25.3 Å². The van der Waals surface area contributed by atoms with E-state index in [2.05, 4.69) is 9.88 Å². The molecule has 72 valence electrons. The first-order valence-electron chi connectivity index (χ1n) is 4.40. The maximum Gasteiger partial charge on any atom is 0.128 e. The van der Waals surface area contributed by atoms with Crippen molar-refractivity contribution in [3.8, 4) is 0 Å². The number of nitrogens with zero attached hydrogens (tertiary/aromatic N) is 2. The Kier molecular flexibility index (Phi) is 2.88. The monoisotopic (exact) mass is 179 g/mol. The lowest BCUT2D eigenvalue weighted by Gasteiger charge is -2.27. The molecule has 0 saturated carbocycles. The average molecular weight is 179 g/mol. The second-order valence-electron chi connectivity index (χ2n) is 4.03. The van der Waals surface area contributed by atoms with Crippen molar-refractivity contribution < 1.29 is 0 Å². The third-order valence-corrected chi connectivity index (χ3v) is 1.69. The first-order chi connectivity index (χ1) is 5.99. The Morgan fingerprint density at radius 3 is 2.62 bits per heavy atom. The maximum absolute atomic E-state index is 5.90. The van der Waals surface area contributed by atoms with Crippen LogP contribution in [0.1, 0.15) is 13.8 Å². The topological polar surface area (TPSA) is 42.1 Å². The summed E-state index contributed by atoms with van der Waals surface area (Å²) in [6.45, 7) is 4.81. The molecule has 0 radical (unpaired) electrons. The van der Waals surface area contributed by atoms with Crippen LogP contribution in [0, 0.1) is 0 Å². The lowest BCUT2D eigenvalue weighted by Crippen LogP contribution is -2.44. The van der Waals surface area contributed by atoms with Crippen LogP contribution in [0.3, 0.4) is 0 Å². The zero-order chi connectivity index (χ0) is 9.90. The van der Waals surface area contributed by atoms with Crippen LogP contribution >= 0.6 is 0 Å². The van der Waals surface area contributed by atoms with Crippen LogP contribution in [-0.4, -0.2) is 24.1 Å². The van der Waals surface area contributed by atoms with Crippen LogP contribution in [-0.2, 0) is 0 Å². The van der Waals surface area contributed by atoms with E-state index < -0.39 is 0 Å². The van der Waals surface area contributed by atoms with E-state index in [0.29, 0.717) is 0 Å². The van der Waals surface area contributed by atoms with E-state index in [1.165, 1.54) is 0 Å². The number of pyridine rings is 1. The highest BCUT2D eigenvalue weighted by molar-refractivity contribution is 5.36. The molecule has 0 aliphatic heterocycles. The molecule has 3 heteroatoms. The normalized spacial score (nSPS) is 11.4. The minimum absolute atomic E-state index is 0.188. The Labute approximate surface area is 79.6 Å². The molecule has 0 aliphatic carbocycles. The largest absolute Gasteiger partial charge is 0.358 e. The number of likely N-dealkylation sites (N-methyl/N-ethyl adjacent to an activating group) is 1. The van der Waals surface area contributed by atoms with Crippen molar-refractivity contribution in [2.24, 2.45) is 5.73 Å². The van der Waals surface area contributed by atoms with E-state index in [1.54, 1.807) is 6.20 Å². The highest BCUT2D eigenvalue weighted by Gasteiger charge is 2.14. The zero-order valence-corrected chi connectivity index (χ0v) is 8.49. The second kappa shape index (κ2) is 3.75. The molecule has 3 nitrogen and oxygen atoms in total. The van der Waals surface area contributed by atoms with Crippen molar-refractivity contribution in [3.63, 3.8) is 0 Å². The van der Waals surface area contributed by atoms with Gasteiger partial charge in [-0.15, -0.1) is 0 Å². The number of nitrogens with two attached hydrogens (primary N) is 1. The van der Waals surface area contributed by atoms with Gasteiger partial charge < -0.3 is 10.6 Å². The molecule has 1 heterocycles. The Hall–Kier alpha value is -1.09. The lowest BCUT2D eigenvalue weighted by atomic mass is 10.1. The predicted octanol–water partition coefficient (Wildman–Crippen LogP) is 1.26. The van der Waals surface area contributed by atoms with Gasteiger partial charge in [0.2, 0.25) is 0 Å². The molecule has 0 aliphatic rings. The minimum atomic E-state index is -0.188. The van der Waals surface area contributed by atoms with E-state index in [0.717, 1.165) is 12.4 Å². The number of hydrogen-bond donors (Lipinski definition) is 1. The van der Waals surface area contributed by atoms with Crippen molar-refractivity contribution in [2.75, 3.05) is 18.5 Å². The Morgan fingerprint density at radius 1 is 1.46 bits per heavy atom. The van der Waals surface area contributed by atoms with Gasteiger partial charge in [-0.25, -0.2) is 4.98 Å². The fourth-order valence-electron chi connectivity index (χ4n) is 1.27. The summed E-state index contributed by atoms with van der Waals surface area (Å²) >= 11 is 0. The van der Waals surface area contributed by atoms with E-state index in [9.17, 15) is 0 Å². The molecule has 0 spiro atoms. The summed E-state index contributed by atoms with van der Waals surface area (Å²) < 4.78 is 0. The molecule has 0 saturated heterocycles. The second-order valence-corrected chi connectivity index (χ2v) is 4.03. The van der Waals surface area contributed by atoms with Gasteiger partial charge in [-0.05, 0) is 26.0 Å². The number of rotatable bonds is 3. The van der Waals surface area contributed by atoms with Crippen molar-refractivity contribution in [2.45, 2.75) is 19.4 Å².